The van der Waals surface area contributed by atoms with E-state index in [2.05, 4.69) is 0 Å². The number of rotatable bonds is 3. The van der Waals surface area contributed by atoms with Crippen molar-refractivity contribution >= 4 is 15.9 Å². The number of sulfonamides is 1. The van der Waals surface area contributed by atoms with Gasteiger partial charge in [0.25, 0.3) is 15.9 Å². The van der Waals surface area contributed by atoms with Crippen molar-refractivity contribution in [1.82, 2.24) is 9.62 Å². The second-order valence-electron chi connectivity index (χ2n) is 4.96. The van der Waals surface area contributed by atoms with E-state index in [9.17, 15) is 26.4 Å². The Labute approximate surface area is 125 Å². The molecule has 1 N–H and O–H groups in total. The van der Waals surface area contributed by atoms with Crippen LogP contribution in [-0.4, -0.2) is 45.5 Å². The van der Waals surface area contributed by atoms with Gasteiger partial charge < -0.3 is 9.32 Å². The number of piperidine rings is 1. The summed E-state index contributed by atoms with van der Waals surface area (Å²) in [4.78, 5) is 13.2. The van der Waals surface area contributed by atoms with Crippen molar-refractivity contribution in [3.63, 3.8) is 0 Å². The summed E-state index contributed by atoms with van der Waals surface area (Å²) >= 11 is 0. The lowest BCUT2D eigenvalue weighted by Crippen LogP contribution is -2.44. The van der Waals surface area contributed by atoms with Gasteiger partial charge in [-0.2, -0.15) is 13.2 Å². The molecule has 1 aromatic rings. The van der Waals surface area contributed by atoms with Gasteiger partial charge in [-0.3, -0.25) is 4.79 Å². The van der Waals surface area contributed by atoms with Crippen molar-refractivity contribution in [2.45, 2.75) is 24.1 Å². The first-order chi connectivity index (χ1) is 10.1. The van der Waals surface area contributed by atoms with Gasteiger partial charge in [-0.25, -0.2) is 13.1 Å². The number of nitrogens with one attached hydrogen (secondary N) is 1. The summed E-state index contributed by atoms with van der Waals surface area (Å²) in [6.07, 6.45) is -4.15. The van der Waals surface area contributed by atoms with Crippen LogP contribution < -0.4 is 4.72 Å². The SMILES string of the molecule is CNS(=O)(=O)c1ccc(C(=O)N2CCCC(C(F)(F)F)C2)o1. The topological polar surface area (TPSA) is 79.6 Å². The third-order valence-corrected chi connectivity index (χ3v) is 4.78. The molecule has 0 radical (unpaired) electrons. The number of halogens is 3. The maximum atomic E-state index is 12.7. The van der Waals surface area contributed by atoms with Gasteiger partial charge >= 0.3 is 6.18 Å². The normalized spacial score (nSPS) is 20.2. The molecule has 124 valence electrons. The molecule has 22 heavy (non-hydrogen) atoms. The van der Waals surface area contributed by atoms with Crippen LogP contribution in [-0.2, 0) is 10.0 Å². The van der Waals surface area contributed by atoms with E-state index in [4.69, 9.17) is 4.42 Å². The highest BCUT2D eigenvalue weighted by Gasteiger charge is 2.43. The fraction of sp³-hybridized carbons (Fsp3) is 0.583. The van der Waals surface area contributed by atoms with Crippen LogP contribution in [0.4, 0.5) is 13.2 Å². The minimum absolute atomic E-state index is 0.0230. The van der Waals surface area contributed by atoms with Crippen LogP contribution in [0.3, 0.4) is 0 Å². The van der Waals surface area contributed by atoms with E-state index in [1.165, 1.54) is 7.05 Å². The molecule has 6 nitrogen and oxygen atoms in total. The highest BCUT2D eigenvalue weighted by Crippen LogP contribution is 2.33. The van der Waals surface area contributed by atoms with Crippen LogP contribution in [0.25, 0.3) is 0 Å². The largest absolute Gasteiger partial charge is 0.438 e. The zero-order valence-corrected chi connectivity index (χ0v) is 12.5. The summed E-state index contributed by atoms with van der Waals surface area (Å²) in [6.45, 7) is -0.266. The zero-order chi connectivity index (χ0) is 16.5. The molecular formula is C12H15F3N2O4S. The van der Waals surface area contributed by atoms with Gasteiger partial charge in [0.15, 0.2) is 5.76 Å². The second kappa shape index (κ2) is 5.92. The Morgan fingerprint density at radius 1 is 1.41 bits per heavy atom. The van der Waals surface area contributed by atoms with Crippen molar-refractivity contribution in [3.8, 4) is 0 Å². The molecule has 0 aliphatic carbocycles. The van der Waals surface area contributed by atoms with Crippen molar-refractivity contribution in [3.05, 3.63) is 17.9 Å². The highest BCUT2D eigenvalue weighted by atomic mass is 32.2. The predicted octanol–water partition coefficient (Wildman–Crippen LogP) is 1.60. The predicted molar refractivity (Wildman–Crippen MR) is 69.6 cm³/mol. The van der Waals surface area contributed by atoms with Gasteiger partial charge in [0.05, 0.1) is 5.92 Å². The number of likely N-dealkylation sites (tertiary alicyclic amines) is 1. The maximum absolute atomic E-state index is 12.7. The molecule has 2 rings (SSSR count). The molecular weight excluding hydrogens is 325 g/mol. The monoisotopic (exact) mass is 340 g/mol. The number of carbonyl (C=O) groups is 1. The van der Waals surface area contributed by atoms with E-state index in [0.29, 0.717) is 0 Å². The minimum atomic E-state index is -4.36. The van der Waals surface area contributed by atoms with E-state index in [0.717, 1.165) is 17.0 Å². The summed E-state index contributed by atoms with van der Waals surface area (Å²) in [5.74, 6) is -2.61. The molecule has 2 heterocycles. The van der Waals surface area contributed by atoms with Crippen molar-refractivity contribution < 1.29 is 30.8 Å². The fourth-order valence-corrected chi connectivity index (χ4v) is 2.91. The fourth-order valence-electron chi connectivity index (χ4n) is 2.26. The second-order valence-corrected chi connectivity index (χ2v) is 6.78. The molecule has 10 heteroatoms. The van der Waals surface area contributed by atoms with Gasteiger partial charge in [-0.05, 0) is 32.0 Å². The first kappa shape index (κ1) is 16.8. The van der Waals surface area contributed by atoms with Crippen LogP contribution in [0.15, 0.2) is 21.6 Å². The van der Waals surface area contributed by atoms with E-state index in [-0.39, 0.29) is 25.1 Å². The molecule has 0 saturated carbocycles. The third kappa shape index (κ3) is 3.43. The molecule has 1 fully saturated rings. The number of nitrogens with zero attached hydrogens (tertiary/aromatic N) is 1. The number of alkyl halides is 3. The summed E-state index contributed by atoms with van der Waals surface area (Å²) in [7, 11) is -2.66. The lowest BCUT2D eigenvalue weighted by molar-refractivity contribution is -0.184. The zero-order valence-electron chi connectivity index (χ0n) is 11.7. The van der Waals surface area contributed by atoms with Crippen LogP contribution in [0.5, 0.6) is 0 Å². The van der Waals surface area contributed by atoms with Gasteiger partial charge in [0.1, 0.15) is 0 Å². The summed E-state index contributed by atoms with van der Waals surface area (Å²) in [6, 6.07) is 2.23. The van der Waals surface area contributed by atoms with Gasteiger partial charge in [0.2, 0.25) is 5.09 Å². The number of furan rings is 1. The average molecular weight is 340 g/mol. The Hall–Kier alpha value is -1.55. The van der Waals surface area contributed by atoms with Crippen molar-refractivity contribution in [2.24, 2.45) is 5.92 Å². The number of carbonyl (C=O) groups excluding carboxylic acids is 1. The Morgan fingerprint density at radius 2 is 2.09 bits per heavy atom. The molecule has 0 aromatic carbocycles. The molecule has 1 aromatic heterocycles. The molecule has 1 unspecified atom stereocenters. The Morgan fingerprint density at radius 3 is 2.68 bits per heavy atom. The lowest BCUT2D eigenvalue weighted by atomic mass is 9.97. The van der Waals surface area contributed by atoms with Gasteiger partial charge in [-0.15, -0.1) is 0 Å². The third-order valence-electron chi connectivity index (χ3n) is 3.50. The van der Waals surface area contributed by atoms with Crippen molar-refractivity contribution in [2.75, 3.05) is 20.1 Å². The van der Waals surface area contributed by atoms with Gasteiger partial charge in [-0.1, -0.05) is 0 Å². The number of hydrogen-bond acceptors (Lipinski definition) is 4. The quantitative estimate of drug-likeness (QED) is 0.906. The Balaban J connectivity index is 2.15. The first-order valence-electron chi connectivity index (χ1n) is 6.54. The van der Waals surface area contributed by atoms with E-state index in [1.54, 1.807) is 0 Å². The molecule has 1 aliphatic heterocycles. The Kier molecular flexibility index (Phi) is 4.52. The highest BCUT2D eigenvalue weighted by molar-refractivity contribution is 7.89. The van der Waals surface area contributed by atoms with Crippen LogP contribution in [0, 0.1) is 5.92 Å². The smallest absolute Gasteiger partial charge is 0.393 e. The molecule has 1 atom stereocenters. The Bertz CT molecular complexity index is 654. The van der Waals surface area contributed by atoms with Crippen LogP contribution >= 0.6 is 0 Å². The molecule has 0 bridgehead atoms. The molecule has 1 aliphatic rings. The van der Waals surface area contributed by atoms with Crippen molar-refractivity contribution in [1.29, 1.82) is 0 Å². The molecule has 1 amide bonds. The number of amides is 1. The van der Waals surface area contributed by atoms with E-state index in [1.807, 2.05) is 4.72 Å². The van der Waals surface area contributed by atoms with Crippen LogP contribution in [0.1, 0.15) is 23.4 Å². The standard InChI is InChI=1S/C12H15F3N2O4S/c1-16-22(19,20)10-5-4-9(21-10)11(18)17-6-2-3-8(7-17)12(13,14)15/h4-5,8,16H,2-3,6-7H2,1H3. The molecule has 0 spiro atoms. The van der Waals surface area contributed by atoms with E-state index < -0.39 is 39.7 Å². The van der Waals surface area contributed by atoms with Crippen LogP contribution in [0.2, 0.25) is 0 Å². The summed E-state index contributed by atoms with van der Waals surface area (Å²) in [5, 5.41) is -0.456. The minimum Gasteiger partial charge on any atom is -0.438 e. The lowest BCUT2D eigenvalue weighted by Gasteiger charge is -2.33. The maximum Gasteiger partial charge on any atom is 0.393 e. The molecule has 1 saturated heterocycles. The van der Waals surface area contributed by atoms with Gasteiger partial charge in [0, 0.05) is 13.1 Å². The first-order valence-corrected chi connectivity index (χ1v) is 8.03. The number of hydrogen-bond donors (Lipinski definition) is 1. The van der Waals surface area contributed by atoms with E-state index >= 15 is 0 Å². The average Bonchev–Trinajstić information content (AvgIpc) is 2.96. The summed E-state index contributed by atoms with van der Waals surface area (Å²) in [5.41, 5.74) is 0. The summed E-state index contributed by atoms with van der Waals surface area (Å²) < 4.78 is 68.2.